The molecule has 0 radical (unpaired) electrons. The van der Waals surface area contributed by atoms with Crippen molar-refractivity contribution in [2.45, 2.75) is 58.8 Å². The molecule has 1 fully saturated rings. The van der Waals surface area contributed by atoms with E-state index in [1.807, 2.05) is 46.2 Å². The number of rotatable bonds is 7. The smallest absolute Gasteiger partial charge is 0.248 e. The molecule has 0 spiro atoms. The lowest BCUT2D eigenvalue weighted by Crippen LogP contribution is -2.28. The number of hydrogen-bond donors (Lipinski definition) is 1. The van der Waals surface area contributed by atoms with Crippen LogP contribution in [0.15, 0.2) is 48.6 Å². The SMILES string of the molecule is C#C.C=C(Nc1cc(=C/C/C(=C/C)N(C)C(=C)C)/c(=C\C)cn1)C1CCC(F)(F)CC1. The topological polar surface area (TPSA) is 28.2 Å². The Bertz CT molecular complexity index is 931. The van der Waals surface area contributed by atoms with Gasteiger partial charge in [-0.15, -0.1) is 12.8 Å². The predicted molar refractivity (Wildman–Crippen MR) is 129 cm³/mol. The first kappa shape index (κ1) is 26.2. The number of nitrogens with zero attached hydrogens (tertiary/aromatic N) is 2. The van der Waals surface area contributed by atoms with Gasteiger partial charge in [0, 0.05) is 49.6 Å². The molecule has 0 atom stereocenters. The second kappa shape index (κ2) is 12.1. The highest BCUT2D eigenvalue weighted by atomic mass is 19.3. The lowest BCUT2D eigenvalue weighted by atomic mass is 9.85. The van der Waals surface area contributed by atoms with E-state index in [9.17, 15) is 8.78 Å². The number of aromatic nitrogens is 1. The zero-order valence-corrected chi connectivity index (χ0v) is 19.2. The number of alkyl halides is 2. The van der Waals surface area contributed by atoms with Gasteiger partial charge in [-0.2, -0.15) is 0 Å². The maximum atomic E-state index is 13.4. The van der Waals surface area contributed by atoms with E-state index in [1.54, 1.807) is 0 Å². The lowest BCUT2D eigenvalue weighted by molar-refractivity contribution is -0.0419. The minimum absolute atomic E-state index is 0.0557. The fraction of sp³-hybridized carbons (Fsp3) is 0.423. The van der Waals surface area contributed by atoms with Crippen molar-refractivity contribution in [2.75, 3.05) is 12.4 Å². The van der Waals surface area contributed by atoms with E-state index in [2.05, 4.69) is 53.4 Å². The highest BCUT2D eigenvalue weighted by molar-refractivity contribution is 5.45. The molecule has 0 saturated heterocycles. The summed E-state index contributed by atoms with van der Waals surface area (Å²) < 4.78 is 26.8. The Kier molecular flexibility index (Phi) is 10.2. The fourth-order valence-corrected chi connectivity index (χ4v) is 3.53. The standard InChI is InChI=1S/C24H33F2N3.C2H2/c1-7-19-16-27-23(28-18(5)20-11-13-24(25,26)14-12-20)15-21(19)9-10-22(8-2)29(6)17(3)4;1-2/h7-9,15-16,20,28H,3,5,10-14H2,1-2,4,6H3;1-2H/b19-7-,21-9-,22-8-;. The highest BCUT2D eigenvalue weighted by Gasteiger charge is 2.35. The van der Waals surface area contributed by atoms with Crippen molar-refractivity contribution < 1.29 is 8.78 Å². The van der Waals surface area contributed by atoms with E-state index in [0.29, 0.717) is 18.7 Å². The summed E-state index contributed by atoms with van der Waals surface area (Å²) in [5, 5.41) is 5.37. The van der Waals surface area contributed by atoms with Crippen LogP contribution in [0, 0.1) is 18.8 Å². The molecule has 1 aromatic heterocycles. The van der Waals surface area contributed by atoms with Crippen molar-refractivity contribution in [3.8, 4) is 12.8 Å². The minimum atomic E-state index is -2.53. The van der Waals surface area contributed by atoms with E-state index in [0.717, 1.165) is 28.3 Å². The molecule has 1 aromatic rings. The Hall–Kier alpha value is -2.87. The molecular weight excluding hydrogens is 392 g/mol. The van der Waals surface area contributed by atoms with Crippen molar-refractivity contribution in [1.29, 1.82) is 0 Å². The van der Waals surface area contributed by atoms with Crippen LogP contribution in [-0.4, -0.2) is 22.9 Å². The maximum absolute atomic E-state index is 13.4. The van der Waals surface area contributed by atoms with Crippen molar-refractivity contribution in [2.24, 2.45) is 5.92 Å². The van der Waals surface area contributed by atoms with Gasteiger partial charge in [0.15, 0.2) is 0 Å². The Balaban J connectivity index is 0.00000233. The van der Waals surface area contributed by atoms with E-state index in [4.69, 9.17) is 0 Å². The summed E-state index contributed by atoms with van der Waals surface area (Å²) in [5.74, 6) is -1.78. The van der Waals surface area contributed by atoms with Gasteiger partial charge in [0.2, 0.25) is 5.92 Å². The van der Waals surface area contributed by atoms with Gasteiger partial charge in [0.05, 0.1) is 0 Å². The van der Waals surface area contributed by atoms with Crippen LogP contribution >= 0.6 is 0 Å². The molecule has 0 bridgehead atoms. The molecule has 1 aliphatic carbocycles. The molecule has 2 rings (SSSR count). The van der Waals surface area contributed by atoms with Gasteiger partial charge < -0.3 is 10.2 Å². The normalized spacial score (nSPS) is 17.5. The van der Waals surface area contributed by atoms with Crippen molar-refractivity contribution in [1.82, 2.24) is 9.88 Å². The van der Waals surface area contributed by atoms with Gasteiger partial charge >= 0.3 is 0 Å². The molecule has 0 amide bonds. The molecule has 5 heteroatoms. The molecule has 0 aromatic carbocycles. The molecular formula is C26H35F2N3. The second-order valence-electron chi connectivity index (χ2n) is 7.75. The molecule has 1 saturated carbocycles. The quantitative estimate of drug-likeness (QED) is 0.589. The fourth-order valence-electron chi connectivity index (χ4n) is 3.53. The van der Waals surface area contributed by atoms with Crippen LogP contribution in [0.25, 0.3) is 12.2 Å². The monoisotopic (exact) mass is 427 g/mol. The molecule has 1 heterocycles. The van der Waals surface area contributed by atoms with Crippen LogP contribution in [0.2, 0.25) is 0 Å². The maximum Gasteiger partial charge on any atom is 0.248 e. The summed E-state index contributed by atoms with van der Waals surface area (Å²) in [7, 11) is 2.01. The van der Waals surface area contributed by atoms with E-state index >= 15 is 0 Å². The zero-order chi connectivity index (χ0) is 23.6. The molecule has 3 nitrogen and oxygen atoms in total. The van der Waals surface area contributed by atoms with Crippen LogP contribution < -0.4 is 15.8 Å². The van der Waals surface area contributed by atoms with E-state index < -0.39 is 5.92 Å². The Morgan fingerprint density at radius 1 is 1.26 bits per heavy atom. The van der Waals surface area contributed by atoms with E-state index in [1.165, 1.54) is 5.70 Å². The van der Waals surface area contributed by atoms with Gasteiger partial charge in [0.25, 0.3) is 0 Å². The predicted octanol–water partition coefficient (Wildman–Crippen LogP) is 5.42. The lowest BCUT2D eigenvalue weighted by Gasteiger charge is -2.29. The summed E-state index contributed by atoms with van der Waals surface area (Å²) >= 11 is 0. The molecule has 168 valence electrons. The number of pyridine rings is 1. The van der Waals surface area contributed by atoms with Crippen LogP contribution in [0.1, 0.15) is 52.9 Å². The number of halogens is 2. The van der Waals surface area contributed by atoms with Crippen LogP contribution in [-0.2, 0) is 0 Å². The van der Waals surface area contributed by atoms with Crippen molar-refractivity contribution in [3.63, 3.8) is 0 Å². The van der Waals surface area contributed by atoms with Crippen LogP contribution in [0.3, 0.4) is 0 Å². The average Bonchev–Trinajstić information content (AvgIpc) is 2.75. The van der Waals surface area contributed by atoms with Gasteiger partial charge in [0.1, 0.15) is 5.82 Å². The third-order valence-electron chi connectivity index (χ3n) is 5.65. The van der Waals surface area contributed by atoms with Crippen LogP contribution in [0.5, 0.6) is 0 Å². The first-order valence-electron chi connectivity index (χ1n) is 10.5. The minimum Gasteiger partial charge on any atom is -0.353 e. The molecule has 0 unspecified atom stereocenters. The number of anilines is 1. The summed E-state index contributed by atoms with van der Waals surface area (Å²) in [6.07, 6.45) is 17.6. The largest absolute Gasteiger partial charge is 0.353 e. The van der Waals surface area contributed by atoms with Crippen molar-refractivity contribution >= 4 is 18.0 Å². The molecule has 31 heavy (non-hydrogen) atoms. The number of hydrogen-bond acceptors (Lipinski definition) is 3. The first-order valence-corrected chi connectivity index (χ1v) is 10.5. The van der Waals surface area contributed by atoms with Gasteiger partial charge in [-0.3, -0.25) is 0 Å². The third kappa shape index (κ3) is 7.71. The molecule has 1 N–H and O–H groups in total. The molecule has 1 aliphatic rings. The van der Waals surface area contributed by atoms with Crippen molar-refractivity contribution in [3.05, 3.63) is 59.0 Å². The van der Waals surface area contributed by atoms with Gasteiger partial charge in [-0.25, -0.2) is 13.8 Å². The summed E-state index contributed by atoms with van der Waals surface area (Å²) in [6, 6.07) is 1.99. The number of nitrogens with one attached hydrogen (secondary N) is 1. The summed E-state index contributed by atoms with van der Waals surface area (Å²) in [5.41, 5.74) is 2.92. The van der Waals surface area contributed by atoms with Gasteiger partial charge in [-0.1, -0.05) is 31.4 Å². The summed E-state index contributed by atoms with van der Waals surface area (Å²) in [4.78, 5) is 6.55. The summed E-state index contributed by atoms with van der Waals surface area (Å²) in [6.45, 7) is 14.1. The molecule has 0 aliphatic heterocycles. The Morgan fingerprint density at radius 2 is 1.87 bits per heavy atom. The average molecular weight is 428 g/mol. The van der Waals surface area contributed by atoms with E-state index in [-0.39, 0.29) is 18.8 Å². The van der Waals surface area contributed by atoms with Crippen LogP contribution in [0.4, 0.5) is 14.6 Å². The highest BCUT2D eigenvalue weighted by Crippen LogP contribution is 2.38. The Morgan fingerprint density at radius 3 is 2.39 bits per heavy atom. The third-order valence-corrected chi connectivity index (χ3v) is 5.65. The Labute approximate surface area is 186 Å². The van der Waals surface area contributed by atoms with Gasteiger partial charge in [-0.05, 0) is 56.0 Å². The number of terminal acetylenes is 1. The number of allylic oxidation sites excluding steroid dienone is 4. The first-order chi connectivity index (χ1) is 14.7. The second-order valence-corrected chi connectivity index (χ2v) is 7.75. The zero-order valence-electron chi connectivity index (χ0n) is 19.2.